The normalized spacial score (nSPS) is 22.4. The second-order valence-electron chi connectivity index (χ2n) is 5.07. The Labute approximate surface area is 116 Å². The maximum atomic E-state index is 11.8. The monoisotopic (exact) mass is 281 g/mol. The molecule has 8 nitrogen and oxygen atoms in total. The van der Waals surface area contributed by atoms with Gasteiger partial charge in [0.1, 0.15) is 6.54 Å². The summed E-state index contributed by atoms with van der Waals surface area (Å²) >= 11 is 0. The zero-order valence-electron chi connectivity index (χ0n) is 11.2. The highest BCUT2D eigenvalue weighted by atomic mass is 16.4. The molecule has 20 heavy (non-hydrogen) atoms. The van der Waals surface area contributed by atoms with Crippen LogP contribution in [0.2, 0.25) is 0 Å². The number of hydrogen-bond acceptors (Lipinski definition) is 5. The van der Waals surface area contributed by atoms with E-state index < -0.39 is 5.97 Å². The lowest BCUT2D eigenvalue weighted by molar-refractivity contribution is -0.142. The van der Waals surface area contributed by atoms with Crippen LogP contribution in [0.5, 0.6) is 0 Å². The maximum Gasteiger partial charge on any atom is 0.306 e. The Balaban J connectivity index is 1.76. The molecule has 8 heteroatoms. The first-order chi connectivity index (χ1) is 9.58. The van der Waals surface area contributed by atoms with Crippen LogP contribution in [-0.2, 0) is 22.7 Å². The molecule has 1 heterocycles. The number of rotatable bonds is 5. The molecule has 0 atom stereocenters. The van der Waals surface area contributed by atoms with Crippen molar-refractivity contribution < 1.29 is 14.7 Å². The van der Waals surface area contributed by atoms with E-state index >= 15 is 0 Å². The van der Waals surface area contributed by atoms with Crippen molar-refractivity contribution in [2.75, 3.05) is 0 Å². The fourth-order valence-electron chi connectivity index (χ4n) is 2.41. The van der Waals surface area contributed by atoms with Gasteiger partial charge in [-0.05, 0) is 25.7 Å². The van der Waals surface area contributed by atoms with Crippen molar-refractivity contribution in [1.29, 1.82) is 0 Å². The number of carboxylic acid groups (broad SMARTS) is 1. The van der Waals surface area contributed by atoms with E-state index in [9.17, 15) is 9.59 Å². The molecule has 1 aromatic rings. The molecule has 0 radical (unpaired) electrons. The van der Waals surface area contributed by atoms with E-state index in [1.54, 1.807) is 6.20 Å². The molecule has 0 saturated heterocycles. The fraction of sp³-hybridized carbons (Fsp3) is 0.667. The molecule has 1 amide bonds. The molecule has 2 rings (SSSR count). The summed E-state index contributed by atoms with van der Waals surface area (Å²) in [6.07, 6.45) is 4.27. The molecule has 0 spiro atoms. The minimum Gasteiger partial charge on any atom is -0.481 e. The zero-order chi connectivity index (χ0) is 14.5. The van der Waals surface area contributed by atoms with Crippen LogP contribution in [0.3, 0.4) is 0 Å². The van der Waals surface area contributed by atoms with E-state index in [-0.39, 0.29) is 24.4 Å². The Morgan fingerprint density at radius 3 is 2.65 bits per heavy atom. The van der Waals surface area contributed by atoms with Crippen LogP contribution in [0.25, 0.3) is 0 Å². The lowest BCUT2D eigenvalue weighted by Crippen LogP contribution is -2.40. The highest BCUT2D eigenvalue weighted by Gasteiger charge is 2.26. The Morgan fingerprint density at radius 1 is 1.40 bits per heavy atom. The third kappa shape index (κ3) is 3.77. The number of nitrogens with one attached hydrogen (secondary N) is 1. The van der Waals surface area contributed by atoms with Crippen LogP contribution < -0.4 is 11.1 Å². The lowest BCUT2D eigenvalue weighted by atomic mass is 9.86. The molecule has 0 aliphatic heterocycles. The van der Waals surface area contributed by atoms with E-state index in [0.29, 0.717) is 37.9 Å². The van der Waals surface area contributed by atoms with Gasteiger partial charge in [0.05, 0.1) is 17.8 Å². The third-order valence-corrected chi connectivity index (χ3v) is 3.54. The summed E-state index contributed by atoms with van der Waals surface area (Å²) in [5.74, 6) is -1.16. The summed E-state index contributed by atoms with van der Waals surface area (Å²) in [4.78, 5) is 22.7. The summed E-state index contributed by atoms with van der Waals surface area (Å²) in [7, 11) is 0. The van der Waals surface area contributed by atoms with Crippen molar-refractivity contribution in [2.24, 2.45) is 11.7 Å². The summed E-state index contributed by atoms with van der Waals surface area (Å²) in [5, 5.41) is 19.4. The first-order valence-electron chi connectivity index (χ1n) is 6.69. The minimum atomic E-state index is -0.744. The standard InChI is InChI=1S/C12H19N5O3/c13-5-10-6-17(16-15-10)7-11(18)14-9-3-1-8(2-4-9)12(19)20/h6,8-9H,1-5,7,13H2,(H,14,18)(H,19,20). The van der Waals surface area contributed by atoms with Gasteiger partial charge in [-0.1, -0.05) is 5.21 Å². The number of amides is 1. The summed E-state index contributed by atoms with van der Waals surface area (Å²) < 4.78 is 1.44. The number of nitrogens with two attached hydrogens (primary N) is 1. The predicted molar refractivity (Wildman–Crippen MR) is 69.4 cm³/mol. The molecule has 1 aliphatic rings. The van der Waals surface area contributed by atoms with Crippen LogP contribution >= 0.6 is 0 Å². The van der Waals surface area contributed by atoms with Crippen molar-refractivity contribution in [3.8, 4) is 0 Å². The molecule has 1 saturated carbocycles. The van der Waals surface area contributed by atoms with Crippen LogP contribution in [0, 0.1) is 5.92 Å². The van der Waals surface area contributed by atoms with E-state index in [2.05, 4.69) is 15.6 Å². The van der Waals surface area contributed by atoms with Crippen molar-refractivity contribution in [3.05, 3.63) is 11.9 Å². The van der Waals surface area contributed by atoms with Gasteiger partial charge >= 0.3 is 5.97 Å². The van der Waals surface area contributed by atoms with Gasteiger partial charge in [0.25, 0.3) is 0 Å². The number of aliphatic carboxylic acids is 1. The summed E-state index contributed by atoms with van der Waals surface area (Å²) in [6.45, 7) is 0.396. The van der Waals surface area contributed by atoms with Crippen LogP contribution in [0.15, 0.2) is 6.20 Å². The summed E-state index contributed by atoms with van der Waals surface area (Å²) in [6, 6.07) is 0.0515. The Morgan fingerprint density at radius 2 is 2.10 bits per heavy atom. The molecule has 1 aliphatic carbocycles. The average Bonchev–Trinajstić information content (AvgIpc) is 2.86. The predicted octanol–water partition coefficient (Wildman–Crippen LogP) is -0.504. The molecule has 4 N–H and O–H groups in total. The number of carbonyl (C=O) groups excluding carboxylic acids is 1. The molecule has 110 valence electrons. The van der Waals surface area contributed by atoms with Crippen LogP contribution in [0.4, 0.5) is 0 Å². The topological polar surface area (TPSA) is 123 Å². The van der Waals surface area contributed by atoms with Gasteiger partial charge in [-0.15, -0.1) is 5.10 Å². The van der Waals surface area contributed by atoms with E-state index in [1.807, 2.05) is 0 Å². The fourth-order valence-corrected chi connectivity index (χ4v) is 2.41. The van der Waals surface area contributed by atoms with Crippen LogP contribution in [-0.4, -0.2) is 38.0 Å². The number of hydrogen-bond donors (Lipinski definition) is 3. The minimum absolute atomic E-state index is 0.0515. The van der Waals surface area contributed by atoms with E-state index in [1.165, 1.54) is 4.68 Å². The van der Waals surface area contributed by atoms with Crippen molar-refractivity contribution in [1.82, 2.24) is 20.3 Å². The first kappa shape index (κ1) is 14.4. The SMILES string of the molecule is NCc1cn(CC(=O)NC2CCC(C(=O)O)CC2)nn1. The maximum absolute atomic E-state index is 11.8. The molecular formula is C12H19N5O3. The zero-order valence-corrected chi connectivity index (χ0v) is 11.2. The first-order valence-corrected chi connectivity index (χ1v) is 6.69. The smallest absolute Gasteiger partial charge is 0.306 e. The Kier molecular flexibility index (Phi) is 4.67. The molecule has 1 aromatic heterocycles. The molecule has 0 unspecified atom stereocenters. The van der Waals surface area contributed by atoms with Gasteiger partial charge in [-0.3, -0.25) is 9.59 Å². The van der Waals surface area contributed by atoms with E-state index in [4.69, 9.17) is 10.8 Å². The number of carboxylic acids is 1. The number of carbonyl (C=O) groups is 2. The van der Waals surface area contributed by atoms with Gasteiger partial charge in [0.15, 0.2) is 0 Å². The average molecular weight is 281 g/mol. The highest BCUT2D eigenvalue weighted by Crippen LogP contribution is 2.24. The second-order valence-corrected chi connectivity index (χ2v) is 5.07. The quantitative estimate of drug-likeness (QED) is 0.668. The van der Waals surface area contributed by atoms with Gasteiger partial charge in [-0.2, -0.15) is 0 Å². The van der Waals surface area contributed by atoms with Crippen molar-refractivity contribution >= 4 is 11.9 Å². The lowest BCUT2D eigenvalue weighted by Gasteiger charge is -2.26. The van der Waals surface area contributed by atoms with Crippen LogP contribution in [0.1, 0.15) is 31.4 Å². The second kappa shape index (κ2) is 6.47. The highest BCUT2D eigenvalue weighted by molar-refractivity contribution is 5.76. The Hall–Kier alpha value is -1.96. The largest absolute Gasteiger partial charge is 0.481 e. The molecule has 0 aromatic carbocycles. The molecule has 0 bridgehead atoms. The van der Waals surface area contributed by atoms with Gasteiger partial charge in [-0.25, -0.2) is 4.68 Å². The number of nitrogens with zero attached hydrogens (tertiary/aromatic N) is 3. The van der Waals surface area contributed by atoms with Gasteiger partial charge < -0.3 is 16.2 Å². The third-order valence-electron chi connectivity index (χ3n) is 3.54. The van der Waals surface area contributed by atoms with E-state index in [0.717, 1.165) is 0 Å². The summed E-state index contributed by atoms with van der Waals surface area (Å²) in [5.41, 5.74) is 6.06. The van der Waals surface area contributed by atoms with Gasteiger partial charge in [0.2, 0.25) is 5.91 Å². The van der Waals surface area contributed by atoms with Crippen molar-refractivity contribution in [2.45, 2.75) is 44.8 Å². The Bertz CT molecular complexity index is 479. The molecular weight excluding hydrogens is 262 g/mol. The van der Waals surface area contributed by atoms with Crippen molar-refractivity contribution in [3.63, 3.8) is 0 Å². The number of aromatic nitrogens is 3. The molecule has 1 fully saturated rings. The van der Waals surface area contributed by atoms with Gasteiger partial charge in [0, 0.05) is 12.6 Å².